The van der Waals surface area contributed by atoms with Crippen LogP contribution in [0.1, 0.15) is 11.4 Å². The number of carbonyl (C=O) groups excluding carboxylic acids is 1. The van der Waals surface area contributed by atoms with Gasteiger partial charge in [0.15, 0.2) is 14.2 Å². The van der Waals surface area contributed by atoms with Gasteiger partial charge in [-0.15, -0.1) is 10.2 Å². The number of carbonyl (C=O) groups is 1. The topological polar surface area (TPSA) is 89.0 Å². The third-order valence-electron chi connectivity index (χ3n) is 2.61. The second-order valence-corrected chi connectivity index (χ2v) is 8.86. The van der Waals surface area contributed by atoms with Gasteiger partial charge < -0.3 is 5.32 Å². The van der Waals surface area contributed by atoms with Gasteiger partial charge in [0.25, 0.3) is 0 Å². The van der Waals surface area contributed by atoms with Crippen LogP contribution in [0.15, 0.2) is 15.8 Å². The van der Waals surface area contributed by atoms with E-state index in [4.69, 9.17) is 0 Å². The number of nitrogens with zero attached hydrogens (tertiary/aromatic N) is 2. The number of aromatic nitrogens is 2. The molecule has 1 amide bonds. The van der Waals surface area contributed by atoms with E-state index in [0.29, 0.717) is 6.54 Å². The van der Waals surface area contributed by atoms with Crippen LogP contribution in [0.3, 0.4) is 0 Å². The van der Waals surface area contributed by atoms with Crippen LogP contribution in [0.2, 0.25) is 0 Å². The first-order valence-electron chi connectivity index (χ1n) is 6.05. The molecule has 1 aliphatic rings. The van der Waals surface area contributed by atoms with Crippen LogP contribution in [0.25, 0.3) is 0 Å². The maximum atomic E-state index is 11.7. The SMILES string of the molecule is Cc1nnc(SCCNC(=O)CC2C=CS(=O)(=O)C2)s1. The molecule has 0 radical (unpaired) electrons. The average molecular weight is 333 g/mol. The van der Waals surface area contributed by atoms with E-state index >= 15 is 0 Å². The molecule has 1 N–H and O–H groups in total. The largest absolute Gasteiger partial charge is 0.355 e. The van der Waals surface area contributed by atoms with Crippen molar-refractivity contribution in [3.8, 4) is 0 Å². The summed E-state index contributed by atoms with van der Waals surface area (Å²) in [4.78, 5) is 11.7. The molecule has 2 heterocycles. The molecule has 2 rings (SSSR count). The minimum Gasteiger partial charge on any atom is -0.355 e. The third-order valence-corrected chi connectivity index (χ3v) is 6.05. The summed E-state index contributed by atoms with van der Waals surface area (Å²) in [5.41, 5.74) is 0. The molecule has 1 unspecified atom stereocenters. The Kier molecular flexibility index (Phi) is 5.17. The number of allylic oxidation sites excluding steroid dienone is 1. The zero-order valence-electron chi connectivity index (χ0n) is 10.9. The average Bonchev–Trinajstić information content (AvgIpc) is 2.91. The molecule has 6 nitrogen and oxygen atoms in total. The fourth-order valence-electron chi connectivity index (χ4n) is 1.74. The summed E-state index contributed by atoms with van der Waals surface area (Å²) in [5.74, 6) is 0.447. The Bertz CT molecular complexity index is 609. The minimum atomic E-state index is -3.08. The van der Waals surface area contributed by atoms with Crippen LogP contribution >= 0.6 is 23.1 Å². The summed E-state index contributed by atoms with van der Waals surface area (Å²) >= 11 is 3.07. The molecule has 9 heteroatoms. The van der Waals surface area contributed by atoms with Crippen LogP contribution in [0, 0.1) is 12.8 Å². The van der Waals surface area contributed by atoms with E-state index in [1.54, 1.807) is 17.8 Å². The number of aryl methyl sites for hydroxylation is 1. The van der Waals surface area contributed by atoms with Crippen molar-refractivity contribution in [2.75, 3.05) is 18.1 Å². The normalized spacial score (nSPS) is 20.1. The molecule has 20 heavy (non-hydrogen) atoms. The van der Waals surface area contributed by atoms with Crippen molar-refractivity contribution < 1.29 is 13.2 Å². The maximum absolute atomic E-state index is 11.7. The number of hydrogen-bond donors (Lipinski definition) is 1. The van der Waals surface area contributed by atoms with Gasteiger partial charge in [-0.25, -0.2) is 8.42 Å². The minimum absolute atomic E-state index is 0.0409. The van der Waals surface area contributed by atoms with E-state index < -0.39 is 9.84 Å². The van der Waals surface area contributed by atoms with Crippen molar-refractivity contribution in [3.63, 3.8) is 0 Å². The van der Waals surface area contributed by atoms with Gasteiger partial charge in [0.2, 0.25) is 5.91 Å². The molecule has 0 saturated carbocycles. The van der Waals surface area contributed by atoms with Crippen molar-refractivity contribution >= 4 is 38.8 Å². The lowest BCUT2D eigenvalue weighted by Crippen LogP contribution is -2.27. The summed E-state index contributed by atoms with van der Waals surface area (Å²) in [6.07, 6.45) is 1.81. The number of hydrogen-bond acceptors (Lipinski definition) is 7. The van der Waals surface area contributed by atoms with Crippen molar-refractivity contribution in [1.82, 2.24) is 15.5 Å². The van der Waals surface area contributed by atoms with Crippen LogP contribution in [0.5, 0.6) is 0 Å². The first-order valence-corrected chi connectivity index (χ1v) is 9.57. The van der Waals surface area contributed by atoms with Crippen LogP contribution in [-0.2, 0) is 14.6 Å². The molecule has 0 aliphatic carbocycles. The lowest BCUT2D eigenvalue weighted by Gasteiger charge is -2.07. The van der Waals surface area contributed by atoms with Gasteiger partial charge in [-0.3, -0.25) is 4.79 Å². The molecule has 1 atom stereocenters. The second-order valence-electron chi connectivity index (χ2n) is 4.41. The predicted octanol–water partition coefficient (Wildman–Crippen LogP) is 1.00. The summed E-state index contributed by atoms with van der Waals surface area (Å²) in [6, 6.07) is 0. The van der Waals surface area contributed by atoms with Crippen molar-refractivity contribution in [2.24, 2.45) is 5.92 Å². The number of thioether (sulfide) groups is 1. The van der Waals surface area contributed by atoms with Gasteiger partial charge in [-0.1, -0.05) is 29.2 Å². The zero-order chi connectivity index (χ0) is 14.6. The van der Waals surface area contributed by atoms with Crippen molar-refractivity contribution in [3.05, 3.63) is 16.5 Å². The third kappa shape index (κ3) is 4.88. The van der Waals surface area contributed by atoms with E-state index in [0.717, 1.165) is 15.1 Å². The Morgan fingerprint density at radius 2 is 2.35 bits per heavy atom. The van der Waals surface area contributed by atoms with Crippen LogP contribution in [-0.4, -0.2) is 42.6 Å². The molecular formula is C11H15N3O3S3. The molecule has 1 aliphatic heterocycles. The fraction of sp³-hybridized carbons (Fsp3) is 0.545. The monoisotopic (exact) mass is 333 g/mol. The number of nitrogens with one attached hydrogen (secondary N) is 1. The number of rotatable bonds is 6. The maximum Gasteiger partial charge on any atom is 0.220 e. The van der Waals surface area contributed by atoms with E-state index in [-0.39, 0.29) is 24.0 Å². The Balaban J connectivity index is 1.62. The standard InChI is InChI=1S/C11H15N3O3S3/c1-8-13-14-11(19-8)18-4-3-12-10(15)6-9-2-5-20(16,17)7-9/h2,5,9H,3-4,6-7H2,1H3,(H,12,15). The molecule has 0 spiro atoms. The Morgan fingerprint density at radius 1 is 1.55 bits per heavy atom. The lowest BCUT2D eigenvalue weighted by atomic mass is 10.1. The molecule has 1 aromatic heterocycles. The highest BCUT2D eigenvalue weighted by atomic mass is 32.2. The van der Waals surface area contributed by atoms with Crippen LogP contribution in [0.4, 0.5) is 0 Å². The molecule has 0 bridgehead atoms. The molecule has 0 aromatic carbocycles. The van der Waals surface area contributed by atoms with Crippen LogP contribution < -0.4 is 5.32 Å². The highest BCUT2D eigenvalue weighted by Crippen LogP contribution is 2.21. The molecule has 110 valence electrons. The molecule has 0 fully saturated rings. The molecule has 0 saturated heterocycles. The summed E-state index contributed by atoms with van der Waals surface area (Å²) in [5, 5.41) is 12.8. The van der Waals surface area contributed by atoms with Gasteiger partial charge >= 0.3 is 0 Å². The predicted molar refractivity (Wildman–Crippen MR) is 79.4 cm³/mol. The number of amides is 1. The van der Waals surface area contributed by atoms with Gasteiger partial charge in [0.05, 0.1) is 5.75 Å². The first-order chi connectivity index (χ1) is 9.44. The number of sulfone groups is 1. The van der Waals surface area contributed by atoms with Gasteiger partial charge in [0.1, 0.15) is 5.01 Å². The summed E-state index contributed by atoms with van der Waals surface area (Å²) < 4.78 is 23.3. The van der Waals surface area contributed by atoms with Crippen molar-refractivity contribution in [2.45, 2.75) is 17.7 Å². The lowest BCUT2D eigenvalue weighted by molar-refractivity contribution is -0.121. The summed E-state index contributed by atoms with van der Waals surface area (Å²) in [6.45, 7) is 2.43. The second kappa shape index (κ2) is 6.68. The van der Waals surface area contributed by atoms with E-state index in [1.807, 2.05) is 6.92 Å². The van der Waals surface area contributed by atoms with Crippen molar-refractivity contribution in [1.29, 1.82) is 0 Å². The van der Waals surface area contributed by atoms with E-state index in [9.17, 15) is 13.2 Å². The van der Waals surface area contributed by atoms with Gasteiger partial charge in [-0.05, 0) is 6.92 Å². The molecule has 1 aromatic rings. The highest BCUT2D eigenvalue weighted by molar-refractivity contribution is 8.01. The first kappa shape index (κ1) is 15.5. The Hall–Kier alpha value is -0.930. The smallest absolute Gasteiger partial charge is 0.220 e. The van der Waals surface area contributed by atoms with E-state index in [2.05, 4.69) is 15.5 Å². The Labute approximate surface area is 126 Å². The van der Waals surface area contributed by atoms with E-state index in [1.165, 1.54) is 16.7 Å². The summed E-state index contributed by atoms with van der Waals surface area (Å²) in [7, 11) is -3.08. The Morgan fingerprint density at radius 3 is 2.95 bits per heavy atom. The quantitative estimate of drug-likeness (QED) is 0.617. The zero-order valence-corrected chi connectivity index (χ0v) is 13.4. The highest BCUT2D eigenvalue weighted by Gasteiger charge is 2.23. The van der Waals surface area contributed by atoms with Gasteiger partial charge in [-0.2, -0.15) is 0 Å². The fourth-order valence-corrected chi connectivity index (χ4v) is 4.88. The molecular weight excluding hydrogens is 318 g/mol. The van der Waals surface area contributed by atoms with Gasteiger partial charge in [0, 0.05) is 30.0 Å².